The van der Waals surface area contributed by atoms with Crippen molar-refractivity contribution >= 4 is 50.9 Å². The Morgan fingerprint density at radius 2 is 1.60 bits per heavy atom. The Balaban J connectivity index is 2.58. The van der Waals surface area contributed by atoms with Crippen LogP contribution in [0.2, 0.25) is 10.0 Å². The smallest absolute Gasteiger partial charge is 0.335 e. The Kier molecular flexibility index (Phi) is 5.56. The van der Waals surface area contributed by atoms with Crippen LogP contribution in [0, 0.1) is 0 Å². The van der Waals surface area contributed by atoms with Gasteiger partial charge in [-0.25, -0.2) is 13.2 Å². The molecule has 0 aliphatic heterocycles. The summed E-state index contributed by atoms with van der Waals surface area (Å²) in [5, 5.41) is 18.0. The Morgan fingerprint density at radius 1 is 1.00 bits per heavy atom. The Hall–Kier alpha value is -2.29. The first-order valence-corrected chi connectivity index (χ1v) is 8.85. The fraction of sp³-hybridized carbons (Fsp3) is 0.0667. The molecule has 10 heteroatoms. The molecule has 0 bridgehead atoms. The van der Waals surface area contributed by atoms with Crippen molar-refractivity contribution in [3.63, 3.8) is 0 Å². The molecule has 2 rings (SSSR count). The van der Waals surface area contributed by atoms with E-state index in [4.69, 9.17) is 33.4 Å². The SMILES string of the molecule is O=C(O)CN(c1ccc(C(=O)O)cc1)S(=O)(=O)c1cc(Cl)ccc1Cl. The molecule has 0 saturated carbocycles. The molecule has 7 nitrogen and oxygen atoms in total. The molecular formula is C15H11Cl2NO6S. The fourth-order valence-corrected chi connectivity index (χ4v) is 4.16. The van der Waals surface area contributed by atoms with Gasteiger partial charge in [0.2, 0.25) is 0 Å². The topological polar surface area (TPSA) is 112 Å². The normalized spacial score (nSPS) is 11.1. The largest absolute Gasteiger partial charge is 0.480 e. The number of nitrogens with zero attached hydrogens (tertiary/aromatic N) is 1. The minimum absolute atomic E-state index is 0.0246. The van der Waals surface area contributed by atoms with Crippen LogP contribution in [-0.2, 0) is 14.8 Å². The van der Waals surface area contributed by atoms with E-state index in [9.17, 15) is 18.0 Å². The number of aromatic carboxylic acids is 1. The molecule has 2 aromatic carbocycles. The first-order valence-electron chi connectivity index (χ1n) is 6.66. The third kappa shape index (κ3) is 4.22. The lowest BCUT2D eigenvalue weighted by Crippen LogP contribution is -2.36. The van der Waals surface area contributed by atoms with Crippen molar-refractivity contribution in [1.29, 1.82) is 0 Å². The molecule has 0 radical (unpaired) electrons. The monoisotopic (exact) mass is 403 g/mol. The van der Waals surface area contributed by atoms with Crippen LogP contribution in [0.3, 0.4) is 0 Å². The van der Waals surface area contributed by atoms with Crippen molar-refractivity contribution in [2.75, 3.05) is 10.8 Å². The van der Waals surface area contributed by atoms with Gasteiger partial charge in [-0.1, -0.05) is 23.2 Å². The van der Waals surface area contributed by atoms with Gasteiger partial charge in [0.1, 0.15) is 11.4 Å². The number of rotatable bonds is 6. The summed E-state index contributed by atoms with van der Waals surface area (Å²) in [4.78, 5) is 21.7. The molecule has 2 aromatic rings. The molecule has 0 spiro atoms. The van der Waals surface area contributed by atoms with Gasteiger partial charge in [-0.2, -0.15) is 0 Å². The number of hydrogen-bond donors (Lipinski definition) is 2. The van der Waals surface area contributed by atoms with Crippen LogP contribution in [0.15, 0.2) is 47.4 Å². The van der Waals surface area contributed by atoms with Crippen molar-refractivity contribution in [2.24, 2.45) is 0 Å². The van der Waals surface area contributed by atoms with Gasteiger partial charge in [0, 0.05) is 5.02 Å². The van der Waals surface area contributed by atoms with Gasteiger partial charge in [0.15, 0.2) is 0 Å². The summed E-state index contributed by atoms with van der Waals surface area (Å²) in [5.74, 6) is -2.60. The van der Waals surface area contributed by atoms with Gasteiger partial charge in [0.05, 0.1) is 16.3 Å². The Morgan fingerprint density at radius 3 is 2.12 bits per heavy atom. The van der Waals surface area contributed by atoms with Crippen LogP contribution < -0.4 is 4.31 Å². The second-order valence-corrected chi connectivity index (χ2v) is 7.51. The van der Waals surface area contributed by atoms with Crippen LogP contribution in [0.25, 0.3) is 0 Å². The van der Waals surface area contributed by atoms with Gasteiger partial charge in [-0.15, -0.1) is 0 Å². The van der Waals surface area contributed by atoms with E-state index in [1.165, 1.54) is 36.4 Å². The average molecular weight is 404 g/mol. The molecule has 0 unspecified atom stereocenters. The van der Waals surface area contributed by atoms with E-state index in [-0.39, 0.29) is 26.2 Å². The number of aliphatic carboxylic acids is 1. The number of benzene rings is 2. The highest BCUT2D eigenvalue weighted by Crippen LogP contribution is 2.30. The van der Waals surface area contributed by atoms with Crippen LogP contribution in [0.1, 0.15) is 10.4 Å². The third-order valence-corrected chi connectivity index (χ3v) is 5.63. The van der Waals surface area contributed by atoms with E-state index in [0.717, 1.165) is 6.07 Å². The van der Waals surface area contributed by atoms with E-state index in [1.54, 1.807) is 0 Å². The summed E-state index contributed by atoms with van der Waals surface area (Å²) in [6, 6.07) is 8.52. The minimum atomic E-state index is -4.35. The molecular weight excluding hydrogens is 393 g/mol. The molecule has 2 N–H and O–H groups in total. The molecule has 0 amide bonds. The van der Waals surface area contributed by atoms with E-state index in [1.807, 2.05) is 0 Å². The predicted molar refractivity (Wildman–Crippen MR) is 92.0 cm³/mol. The highest BCUT2D eigenvalue weighted by atomic mass is 35.5. The first kappa shape index (κ1) is 19.0. The summed E-state index contributed by atoms with van der Waals surface area (Å²) in [5.41, 5.74) is -0.0966. The zero-order valence-corrected chi connectivity index (χ0v) is 14.7. The molecule has 0 aliphatic rings. The standard InChI is InChI=1S/C15H11Cl2NO6S/c16-10-3-6-12(17)13(7-10)25(23,24)18(8-14(19)20)11-4-1-9(2-5-11)15(21)22/h1-7H,8H2,(H,19,20)(H,21,22). The van der Waals surface area contributed by atoms with Gasteiger partial charge in [-0.3, -0.25) is 9.10 Å². The summed E-state index contributed by atoms with van der Waals surface area (Å²) in [6.45, 7) is -0.877. The van der Waals surface area contributed by atoms with Gasteiger partial charge in [-0.05, 0) is 42.5 Å². The fourth-order valence-electron chi connectivity index (χ4n) is 2.00. The lowest BCUT2D eigenvalue weighted by atomic mass is 10.2. The Bertz CT molecular complexity index is 928. The average Bonchev–Trinajstić information content (AvgIpc) is 2.54. The minimum Gasteiger partial charge on any atom is -0.480 e. The Labute approximate surface area is 153 Å². The highest BCUT2D eigenvalue weighted by molar-refractivity contribution is 7.93. The summed E-state index contributed by atoms with van der Waals surface area (Å²) >= 11 is 11.7. The molecule has 0 saturated heterocycles. The molecule has 132 valence electrons. The maximum Gasteiger partial charge on any atom is 0.335 e. The third-order valence-electron chi connectivity index (χ3n) is 3.14. The number of hydrogen-bond acceptors (Lipinski definition) is 4. The van der Waals surface area contributed by atoms with Crippen molar-refractivity contribution in [3.8, 4) is 0 Å². The second kappa shape index (κ2) is 7.30. The van der Waals surface area contributed by atoms with Gasteiger partial charge in [0.25, 0.3) is 10.0 Å². The van der Waals surface area contributed by atoms with Gasteiger partial charge < -0.3 is 10.2 Å². The molecule has 0 heterocycles. The number of halogens is 2. The number of anilines is 1. The maximum absolute atomic E-state index is 12.9. The summed E-state index contributed by atoms with van der Waals surface area (Å²) < 4.78 is 26.3. The number of carboxylic acid groups (broad SMARTS) is 2. The first-order chi connectivity index (χ1) is 11.6. The molecule has 0 atom stereocenters. The zero-order chi connectivity index (χ0) is 18.8. The summed E-state index contributed by atoms with van der Waals surface area (Å²) in [7, 11) is -4.35. The molecule has 0 aliphatic carbocycles. The van der Waals surface area contributed by atoms with Crippen LogP contribution >= 0.6 is 23.2 Å². The van der Waals surface area contributed by atoms with E-state index >= 15 is 0 Å². The second-order valence-electron chi connectivity index (χ2n) is 4.83. The van der Waals surface area contributed by atoms with Crippen molar-refractivity contribution < 1.29 is 28.2 Å². The zero-order valence-electron chi connectivity index (χ0n) is 12.4. The summed E-state index contributed by atoms with van der Waals surface area (Å²) in [6.07, 6.45) is 0. The quantitative estimate of drug-likeness (QED) is 0.766. The van der Waals surface area contributed by atoms with Crippen molar-refractivity contribution in [1.82, 2.24) is 0 Å². The van der Waals surface area contributed by atoms with Gasteiger partial charge >= 0.3 is 11.9 Å². The van der Waals surface area contributed by atoms with Crippen LogP contribution in [0.5, 0.6) is 0 Å². The van der Waals surface area contributed by atoms with E-state index < -0.39 is 28.5 Å². The van der Waals surface area contributed by atoms with E-state index in [2.05, 4.69) is 0 Å². The van der Waals surface area contributed by atoms with Crippen molar-refractivity contribution in [3.05, 3.63) is 58.1 Å². The molecule has 0 fully saturated rings. The molecule has 0 aromatic heterocycles. The lowest BCUT2D eigenvalue weighted by Gasteiger charge is -2.23. The number of sulfonamides is 1. The number of carboxylic acids is 2. The number of carbonyl (C=O) groups is 2. The highest BCUT2D eigenvalue weighted by Gasteiger charge is 2.29. The van der Waals surface area contributed by atoms with Crippen molar-refractivity contribution in [2.45, 2.75) is 4.90 Å². The predicted octanol–water partition coefficient (Wildman–Crippen LogP) is 2.97. The lowest BCUT2D eigenvalue weighted by molar-refractivity contribution is -0.135. The van der Waals surface area contributed by atoms with Crippen LogP contribution in [0.4, 0.5) is 5.69 Å². The van der Waals surface area contributed by atoms with E-state index in [0.29, 0.717) is 4.31 Å². The molecule has 25 heavy (non-hydrogen) atoms. The maximum atomic E-state index is 12.9. The van der Waals surface area contributed by atoms with Crippen LogP contribution in [-0.4, -0.2) is 37.1 Å².